The van der Waals surface area contributed by atoms with Crippen LogP contribution in [0, 0.1) is 18.3 Å². The lowest BCUT2D eigenvalue weighted by molar-refractivity contribution is 0.590. The largest absolute Gasteiger partial charge is 0.340 e. The van der Waals surface area contributed by atoms with Crippen molar-refractivity contribution < 1.29 is 8.42 Å². The molecule has 7 heteroatoms. The third kappa shape index (κ3) is 4.14. The summed E-state index contributed by atoms with van der Waals surface area (Å²) in [6.45, 7) is 3.14. The van der Waals surface area contributed by atoms with Crippen LogP contribution >= 0.6 is 0 Å². The van der Waals surface area contributed by atoms with Crippen molar-refractivity contribution in [2.24, 2.45) is 12.2 Å². The van der Waals surface area contributed by atoms with E-state index >= 15 is 0 Å². The molecule has 0 amide bonds. The summed E-state index contributed by atoms with van der Waals surface area (Å²) < 4.78 is 23.3. The number of nitriles is 1. The topological polar surface area (TPSA) is 101 Å². The van der Waals surface area contributed by atoms with Gasteiger partial charge in [-0.3, -0.25) is 0 Å². The van der Waals surface area contributed by atoms with Gasteiger partial charge in [-0.1, -0.05) is 0 Å². The van der Waals surface area contributed by atoms with E-state index in [2.05, 4.69) is 11.4 Å². The molecule has 0 spiro atoms. The molecular weight excluding hydrogens is 252 g/mol. The van der Waals surface area contributed by atoms with Crippen molar-refractivity contribution in [1.82, 2.24) is 9.88 Å². The highest BCUT2D eigenvalue weighted by molar-refractivity contribution is 7.89. The summed E-state index contributed by atoms with van der Waals surface area (Å²) in [7, 11) is -1.53. The molecule has 0 saturated heterocycles. The van der Waals surface area contributed by atoms with Gasteiger partial charge >= 0.3 is 0 Å². The van der Waals surface area contributed by atoms with Crippen LogP contribution in [0.4, 0.5) is 0 Å². The lowest BCUT2D eigenvalue weighted by Crippen LogP contribution is -2.22. The first-order valence-electron chi connectivity index (χ1n) is 5.61. The molecule has 18 heavy (non-hydrogen) atoms. The van der Waals surface area contributed by atoms with E-state index in [0.29, 0.717) is 25.2 Å². The van der Waals surface area contributed by atoms with Gasteiger partial charge in [-0.15, -0.1) is 0 Å². The molecule has 0 fully saturated rings. The summed E-state index contributed by atoms with van der Waals surface area (Å²) >= 11 is 0. The van der Waals surface area contributed by atoms with E-state index in [1.807, 2.05) is 24.6 Å². The van der Waals surface area contributed by atoms with Crippen molar-refractivity contribution in [3.63, 3.8) is 0 Å². The van der Waals surface area contributed by atoms with E-state index in [-0.39, 0.29) is 5.75 Å². The summed E-state index contributed by atoms with van der Waals surface area (Å²) in [6, 6.07) is 3.95. The predicted molar refractivity (Wildman–Crippen MR) is 69.2 cm³/mol. The minimum Gasteiger partial charge on any atom is -0.340 e. The molecule has 0 aliphatic rings. The van der Waals surface area contributed by atoms with E-state index in [0.717, 1.165) is 11.3 Å². The minimum absolute atomic E-state index is 0.0166. The van der Waals surface area contributed by atoms with Crippen LogP contribution in [-0.2, 0) is 23.6 Å². The maximum Gasteiger partial charge on any atom is 0.209 e. The SMILES string of the molecule is Cc1c(CNCCCS(N)(=O)=O)cc(C#N)n1C. The van der Waals surface area contributed by atoms with E-state index in [9.17, 15) is 8.42 Å². The molecule has 0 unspecified atom stereocenters. The smallest absolute Gasteiger partial charge is 0.209 e. The maximum absolute atomic E-state index is 10.7. The summed E-state index contributed by atoms with van der Waals surface area (Å²) in [5.41, 5.74) is 2.70. The number of nitrogens with one attached hydrogen (secondary N) is 1. The Labute approximate surface area is 107 Å². The Morgan fingerprint density at radius 1 is 1.56 bits per heavy atom. The Hall–Kier alpha value is -1.36. The summed E-state index contributed by atoms with van der Waals surface area (Å²) in [6.07, 6.45) is 0.482. The quantitative estimate of drug-likeness (QED) is 0.709. The highest BCUT2D eigenvalue weighted by Gasteiger charge is 2.08. The fourth-order valence-corrected chi connectivity index (χ4v) is 2.22. The average Bonchev–Trinajstić information content (AvgIpc) is 2.55. The summed E-state index contributed by atoms with van der Waals surface area (Å²) in [5.74, 6) is -0.0166. The van der Waals surface area contributed by atoms with E-state index in [1.165, 1.54) is 0 Å². The Morgan fingerprint density at radius 3 is 2.72 bits per heavy atom. The van der Waals surface area contributed by atoms with Gasteiger partial charge in [-0.2, -0.15) is 5.26 Å². The molecule has 0 aliphatic carbocycles. The van der Waals surface area contributed by atoms with Crippen LogP contribution in [-0.4, -0.2) is 25.3 Å². The molecule has 3 N–H and O–H groups in total. The van der Waals surface area contributed by atoms with E-state index < -0.39 is 10.0 Å². The molecule has 0 saturated carbocycles. The zero-order valence-electron chi connectivity index (χ0n) is 10.6. The molecule has 1 heterocycles. The molecule has 0 aliphatic heterocycles. The van der Waals surface area contributed by atoms with Crippen LogP contribution in [0.15, 0.2) is 6.07 Å². The normalized spacial score (nSPS) is 11.4. The van der Waals surface area contributed by atoms with Crippen LogP contribution in [0.5, 0.6) is 0 Å². The maximum atomic E-state index is 10.7. The molecule has 0 bridgehead atoms. The number of primary sulfonamides is 1. The zero-order valence-corrected chi connectivity index (χ0v) is 11.4. The molecule has 1 aromatic rings. The first-order chi connectivity index (χ1) is 8.35. The number of nitrogens with two attached hydrogens (primary N) is 1. The van der Waals surface area contributed by atoms with Crippen LogP contribution < -0.4 is 10.5 Å². The van der Waals surface area contributed by atoms with Gasteiger partial charge in [0.15, 0.2) is 0 Å². The first-order valence-corrected chi connectivity index (χ1v) is 7.33. The lowest BCUT2D eigenvalue weighted by atomic mass is 10.2. The molecule has 100 valence electrons. The third-order valence-corrected chi connectivity index (χ3v) is 3.71. The van der Waals surface area contributed by atoms with Crippen LogP contribution in [0.3, 0.4) is 0 Å². The fraction of sp³-hybridized carbons (Fsp3) is 0.545. The Morgan fingerprint density at radius 2 is 2.22 bits per heavy atom. The van der Waals surface area contributed by atoms with Crippen LogP contribution in [0.1, 0.15) is 23.4 Å². The Bertz CT molecular complexity index is 554. The van der Waals surface area contributed by atoms with E-state index in [4.69, 9.17) is 10.4 Å². The second-order valence-electron chi connectivity index (χ2n) is 4.21. The highest BCUT2D eigenvalue weighted by atomic mass is 32.2. The molecule has 0 radical (unpaired) electrons. The van der Waals surface area contributed by atoms with Gasteiger partial charge in [-0.25, -0.2) is 13.6 Å². The summed E-state index contributed by atoms with van der Waals surface area (Å²) in [5, 5.41) is 16.9. The van der Waals surface area contributed by atoms with Crippen molar-refractivity contribution in [3.8, 4) is 6.07 Å². The van der Waals surface area contributed by atoms with Gasteiger partial charge in [0, 0.05) is 19.3 Å². The standard InChI is InChI=1S/C11H18N4O2S/c1-9-10(6-11(7-12)15(9)2)8-14-4-3-5-18(13,16)17/h6,14H,3-5,8H2,1-2H3,(H2,13,16,17). The van der Waals surface area contributed by atoms with Gasteiger partial charge in [0.2, 0.25) is 10.0 Å². The average molecular weight is 270 g/mol. The number of aromatic nitrogens is 1. The second-order valence-corrected chi connectivity index (χ2v) is 5.94. The zero-order chi connectivity index (χ0) is 13.8. The van der Waals surface area contributed by atoms with Gasteiger partial charge in [-0.05, 0) is 31.5 Å². The number of hydrogen-bond donors (Lipinski definition) is 2. The van der Waals surface area contributed by atoms with E-state index in [1.54, 1.807) is 0 Å². The Kier molecular flexibility index (Phi) is 4.90. The van der Waals surface area contributed by atoms with Crippen molar-refractivity contribution in [1.29, 1.82) is 5.26 Å². The van der Waals surface area contributed by atoms with Crippen molar-refractivity contribution in [2.75, 3.05) is 12.3 Å². The Balaban J connectivity index is 2.43. The van der Waals surface area contributed by atoms with Gasteiger partial charge in [0.25, 0.3) is 0 Å². The monoisotopic (exact) mass is 270 g/mol. The second kappa shape index (κ2) is 6.00. The first kappa shape index (κ1) is 14.7. The molecule has 0 aromatic carbocycles. The number of nitrogens with zero attached hydrogens (tertiary/aromatic N) is 2. The van der Waals surface area contributed by atoms with Crippen LogP contribution in [0.2, 0.25) is 0 Å². The lowest BCUT2D eigenvalue weighted by Gasteiger charge is -2.04. The molecular formula is C11H18N4O2S. The molecule has 0 atom stereocenters. The molecule has 1 rings (SSSR count). The minimum atomic E-state index is -3.37. The van der Waals surface area contributed by atoms with Crippen molar-refractivity contribution in [3.05, 3.63) is 23.0 Å². The van der Waals surface area contributed by atoms with Crippen molar-refractivity contribution >= 4 is 10.0 Å². The van der Waals surface area contributed by atoms with Crippen LogP contribution in [0.25, 0.3) is 0 Å². The van der Waals surface area contributed by atoms with Gasteiger partial charge < -0.3 is 9.88 Å². The summed E-state index contributed by atoms with van der Waals surface area (Å²) in [4.78, 5) is 0. The third-order valence-electron chi connectivity index (χ3n) is 2.85. The predicted octanol–water partition coefficient (Wildman–Crippen LogP) is -0.0266. The van der Waals surface area contributed by atoms with Gasteiger partial charge in [0.1, 0.15) is 11.8 Å². The number of rotatable bonds is 6. The molecule has 1 aromatic heterocycles. The molecule has 6 nitrogen and oxygen atoms in total. The van der Waals surface area contributed by atoms with Gasteiger partial charge in [0.05, 0.1) is 5.75 Å². The van der Waals surface area contributed by atoms with Crippen molar-refractivity contribution in [2.45, 2.75) is 19.9 Å². The highest BCUT2D eigenvalue weighted by Crippen LogP contribution is 2.12. The number of hydrogen-bond acceptors (Lipinski definition) is 4. The number of sulfonamides is 1. The fourth-order valence-electron chi connectivity index (χ4n) is 1.67.